The number of aromatic nitrogens is 1. The van der Waals surface area contributed by atoms with Crippen molar-refractivity contribution in [2.24, 2.45) is 0 Å². The summed E-state index contributed by atoms with van der Waals surface area (Å²) in [6.07, 6.45) is 1.50. The molecule has 2 heterocycles. The minimum atomic E-state index is 0.853. The molecule has 1 aliphatic rings. The van der Waals surface area contributed by atoms with E-state index in [9.17, 15) is 0 Å². The van der Waals surface area contributed by atoms with E-state index in [0.29, 0.717) is 0 Å². The number of hydrogen-bond acceptors (Lipinski definition) is 5. The van der Waals surface area contributed by atoms with E-state index >= 15 is 0 Å². The Hall–Kier alpha value is -1.59. The smallest absolute Gasteiger partial charge is 0.181 e. The molecule has 0 bridgehead atoms. The lowest BCUT2D eigenvalue weighted by Crippen LogP contribution is -2.46. The molecule has 0 atom stereocenters. The molecule has 102 valence electrons. The second-order valence-electron chi connectivity index (χ2n) is 5.02. The average molecular weight is 260 g/mol. The van der Waals surface area contributed by atoms with Gasteiger partial charge in [-0.15, -0.1) is 0 Å². The van der Waals surface area contributed by atoms with Gasteiger partial charge in [0, 0.05) is 58.1 Å². The summed E-state index contributed by atoms with van der Waals surface area (Å²) in [5, 5.41) is 3.38. The van der Waals surface area contributed by atoms with Crippen molar-refractivity contribution in [1.29, 1.82) is 0 Å². The second kappa shape index (κ2) is 5.59. The Morgan fingerprint density at radius 2 is 2.21 bits per heavy atom. The zero-order valence-electron chi connectivity index (χ0n) is 11.3. The monoisotopic (exact) mass is 260 g/mol. The Morgan fingerprint density at radius 3 is 3.05 bits per heavy atom. The van der Waals surface area contributed by atoms with Crippen LogP contribution < -0.4 is 10.2 Å². The van der Waals surface area contributed by atoms with Crippen molar-refractivity contribution in [3.05, 3.63) is 24.6 Å². The predicted octanol–water partition coefficient (Wildman–Crippen LogP) is 1.17. The Morgan fingerprint density at radius 1 is 1.37 bits per heavy atom. The largest absolute Gasteiger partial charge is 0.443 e. The van der Waals surface area contributed by atoms with Crippen LogP contribution in [0.5, 0.6) is 0 Å². The number of hydrogen-bond donors (Lipinski definition) is 1. The fourth-order valence-electron chi connectivity index (χ4n) is 2.44. The van der Waals surface area contributed by atoms with Crippen LogP contribution in [0.15, 0.2) is 29.0 Å². The summed E-state index contributed by atoms with van der Waals surface area (Å²) in [5.41, 5.74) is 2.95. The summed E-state index contributed by atoms with van der Waals surface area (Å²) in [7, 11) is 2.12. The molecule has 1 N–H and O–H groups in total. The van der Waals surface area contributed by atoms with E-state index in [0.717, 1.165) is 50.4 Å². The first-order chi connectivity index (χ1) is 9.33. The highest BCUT2D eigenvalue weighted by atomic mass is 16.3. The summed E-state index contributed by atoms with van der Waals surface area (Å²) in [5.74, 6) is 0. The van der Waals surface area contributed by atoms with Crippen LogP contribution in [0.4, 0.5) is 5.69 Å². The van der Waals surface area contributed by atoms with Gasteiger partial charge in [-0.05, 0) is 12.1 Å². The Kier molecular flexibility index (Phi) is 3.66. The molecule has 2 aromatic rings. The Balaban J connectivity index is 1.60. The molecule has 0 radical (unpaired) electrons. The molecule has 3 rings (SSSR count). The summed E-state index contributed by atoms with van der Waals surface area (Å²) in [4.78, 5) is 8.91. The van der Waals surface area contributed by atoms with Gasteiger partial charge in [-0.25, -0.2) is 4.98 Å². The topological polar surface area (TPSA) is 44.5 Å². The van der Waals surface area contributed by atoms with E-state index in [1.54, 1.807) is 0 Å². The Bertz CT molecular complexity index is 533. The summed E-state index contributed by atoms with van der Waals surface area (Å²) >= 11 is 0. The van der Waals surface area contributed by atoms with Crippen molar-refractivity contribution in [2.45, 2.75) is 0 Å². The van der Waals surface area contributed by atoms with E-state index in [1.165, 1.54) is 12.1 Å². The highest BCUT2D eigenvalue weighted by molar-refractivity contribution is 5.76. The first kappa shape index (κ1) is 12.4. The lowest BCUT2D eigenvalue weighted by atomic mass is 10.2. The van der Waals surface area contributed by atoms with Crippen LogP contribution in [-0.4, -0.2) is 56.2 Å². The quantitative estimate of drug-likeness (QED) is 0.894. The molecular formula is C14H20N4O. The third-order valence-corrected chi connectivity index (χ3v) is 3.72. The zero-order chi connectivity index (χ0) is 13.1. The van der Waals surface area contributed by atoms with Gasteiger partial charge in [-0.2, -0.15) is 0 Å². The van der Waals surface area contributed by atoms with Gasteiger partial charge in [0.25, 0.3) is 0 Å². The molecule has 5 heteroatoms. The molecule has 0 unspecified atom stereocenters. The summed E-state index contributed by atoms with van der Waals surface area (Å²) in [6, 6.07) is 6.16. The highest BCUT2D eigenvalue weighted by Crippen LogP contribution is 2.20. The standard InChI is InChI=1S/C14H20N4O/c1-17(8-9-18-6-4-15-5-7-18)12-2-3-13-14(10-12)19-11-16-13/h2-3,10-11,15H,4-9H2,1H3. The van der Waals surface area contributed by atoms with E-state index in [2.05, 4.69) is 39.3 Å². The molecule has 19 heavy (non-hydrogen) atoms. The number of fused-ring (bicyclic) bond motifs is 1. The molecular weight excluding hydrogens is 240 g/mol. The van der Waals surface area contributed by atoms with Gasteiger partial charge in [0.1, 0.15) is 5.52 Å². The highest BCUT2D eigenvalue weighted by Gasteiger charge is 2.11. The lowest BCUT2D eigenvalue weighted by molar-refractivity contribution is 0.246. The molecule has 0 aliphatic carbocycles. The number of nitrogens with one attached hydrogen (secondary N) is 1. The van der Waals surface area contributed by atoms with Gasteiger partial charge >= 0.3 is 0 Å². The van der Waals surface area contributed by atoms with Crippen LogP contribution >= 0.6 is 0 Å². The number of anilines is 1. The molecule has 0 saturated carbocycles. The molecule has 1 fully saturated rings. The SMILES string of the molecule is CN(CCN1CCNCC1)c1ccc2ncoc2c1. The zero-order valence-corrected chi connectivity index (χ0v) is 11.3. The Labute approximate surface area is 113 Å². The van der Waals surface area contributed by atoms with Crippen LogP contribution in [0.25, 0.3) is 11.1 Å². The molecule has 1 aliphatic heterocycles. The number of oxazole rings is 1. The number of nitrogens with zero attached hydrogens (tertiary/aromatic N) is 3. The molecule has 0 spiro atoms. The first-order valence-electron chi connectivity index (χ1n) is 6.80. The fraction of sp³-hybridized carbons (Fsp3) is 0.500. The number of likely N-dealkylation sites (N-methyl/N-ethyl adjacent to an activating group) is 1. The van der Waals surface area contributed by atoms with Crippen molar-refractivity contribution in [2.75, 3.05) is 51.2 Å². The van der Waals surface area contributed by atoms with E-state index in [-0.39, 0.29) is 0 Å². The van der Waals surface area contributed by atoms with Crippen LogP contribution in [0.3, 0.4) is 0 Å². The van der Waals surface area contributed by atoms with E-state index < -0.39 is 0 Å². The normalized spacial score (nSPS) is 16.9. The minimum absolute atomic E-state index is 0.853. The van der Waals surface area contributed by atoms with Gasteiger partial charge in [0.05, 0.1) is 0 Å². The van der Waals surface area contributed by atoms with Crippen LogP contribution in [-0.2, 0) is 0 Å². The molecule has 1 saturated heterocycles. The molecule has 5 nitrogen and oxygen atoms in total. The van der Waals surface area contributed by atoms with Crippen LogP contribution in [0, 0.1) is 0 Å². The first-order valence-corrected chi connectivity index (χ1v) is 6.80. The minimum Gasteiger partial charge on any atom is -0.443 e. The van der Waals surface area contributed by atoms with Crippen molar-refractivity contribution in [3.8, 4) is 0 Å². The van der Waals surface area contributed by atoms with Crippen molar-refractivity contribution < 1.29 is 4.42 Å². The predicted molar refractivity (Wildman–Crippen MR) is 76.6 cm³/mol. The third kappa shape index (κ3) is 2.88. The maximum absolute atomic E-state index is 5.35. The van der Waals surface area contributed by atoms with Crippen LogP contribution in [0.1, 0.15) is 0 Å². The van der Waals surface area contributed by atoms with Crippen LogP contribution in [0.2, 0.25) is 0 Å². The van der Waals surface area contributed by atoms with E-state index in [4.69, 9.17) is 4.42 Å². The van der Waals surface area contributed by atoms with Gasteiger partial charge in [0.15, 0.2) is 12.0 Å². The summed E-state index contributed by atoms with van der Waals surface area (Å²) in [6.45, 7) is 6.64. The number of piperazine rings is 1. The number of rotatable bonds is 4. The van der Waals surface area contributed by atoms with Gasteiger partial charge in [0.2, 0.25) is 0 Å². The summed E-state index contributed by atoms with van der Waals surface area (Å²) < 4.78 is 5.35. The van der Waals surface area contributed by atoms with Gasteiger partial charge in [-0.1, -0.05) is 0 Å². The van der Waals surface area contributed by atoms with Crippen molar-refractivity contribution in [3.63, 3.8) is 0 Å². The fourth-order valence-corrected chi connectivity index (χ4v) is 2.44. The maximum Gasteiger partial charge on any atom is 0.181 e. The third-order valence-electron chi connectivity index (χ3n) is 3.72. The van der Waals surface area contributed by atoms with Crippen molar-refractivity contribution >= 4 is 16.8 Å². The maximum atomic E-state index is 5.35. The van der Waals surface area contributed by atoms with Gasteiger partial charge < -0.3 is 14.6 Å². The number of benzene rings is 1. The lowest BCUT2D eigenvalue weighted by Gasteiger charge is -2.29. The molecule has 1 aromatic heterocycles. The second-order valence-corrected chi connectivity index (χ2v) is 5.02. The molecule has 0 amide bonds. The van der Waals surface area contributed by atoms with Gasteiger partial charge in [-0.3, -0.25) is 4.90 Å². The molecule has 1 aromatic carbocycles. The average Bonchev–Trinajstić information content (AvgIpc) is 2.93. The van der Waals surface area contributed by atoms with Crippen molar-refractivity contribution in [1.82, 2.24) is 15.2 Å². The van der Waals surface area contributed by atoms with E-state index in [1.807, 2.05) is 6.07 Å².